The van der Waals surface area contributed by atoms with Crippen molar-refractivity contribution in [1.29, 1.82) is 0 Å². The Morgan fingerprint density at radius 2 is 1.92 bits per heavy atom. The number of fused-ring (bicyclic) bond motifs is 1. The Labute approximate surface area is 224 Å². The summed E-state index contributed by atoms with van der Waals surface area (Å²) in [5.74, 6) is 0.302. The Morgan fingerprint density at radius 1 is 1.11 bits per heavy atom. The molecule has 5 rings (SSSR count). The highest BCUT2D eigenvalue weighted by Gasteiger charge is 2.36. The first-order chi connectivity index (χ1) is 17.8. The maximum atomic E-state index is 15.1. The van der Waals surface area contributed by atoms with Gasteiger partial charge in [0, 0.05) is 27.7 Å². The molecule has 0 radical (unpaired) electrons. The van der Waals surface area contributed by atoms with Crippen LogP contribution in [0.3, 0.4) is 0 Å². The molecule has 1 amide bonds. The van der Waals surface area contributed by atoms with Gasteiger partial charge in [0.25, 0.3) is 5.91 Å². The summed E-state index contributed by atoms with van der Waals surface area (Å²) >= 11 is 7.55. The Kier molecular flexibility index (Phi) is 7.04. The third kappa shape index (κ3) is 5.26. The van der Waals surface area contributed by atoms with E-state index in [0.717, 1.165) is 16.7 Å². The predicted molar refractivity (Wildman–Crippen MR) is 146 cm³/mol. The van der Waals surface area contributed by atoms with Gasteiger partial charge in [-0.05, 0) is 56.2 Å². The van der Waals surface area contributed by atoms with Crippen molar-refractivity contribution in [3.8, 4) is 0 Å². The molecule has 3 aromatic carbocycles. The summed E-state index contributed by atoms with van der Waals surface area (Å²) < 4.78 is 16.7. The first kappa shape index (κ1) is 25.0. The number of allylic oxidation sites excluding steroid dienone is 1. The summed E-state index contributed by atoms with van der Waals surface area (Å²) in [7, 11) is 0. The zero-order valence-corrected chi connectivity index (χ0v) is 22.1. The quantitative estimate of drug-likeness (QED) is 0.263. The SMILES string of the molecule is CC1=C(C(=O)Nc2ccc(C)cc2C)C(c2ccccc2F)n2nc(SCc3cccc(Cl)c3)nc2N1. The molecule has 1 atom stereocenters. The Bertz CT molecular complexity index is 1530. The molecule has 1 unspecified atom stereocenters. The van der Waals surface area contributed by atoms with Gasteiger partial charge in [-0.15, -0.1) is 5.10 Å². The highest BCUT2D eigenvalue weighted by atomic mass is 35.5. The van der Waals surface area contributed by atoms with Crippen LogP contribution in [0.15, 0.2) is 83.2 Å². The molecule has 0 fully saturated rings. The molecule has 0 aliphatic carbocycles. The maximum absolute atomic E-state index is 15.1. The fourth-order valence-corrected chi connectivity index (χ4v) is 5.37. The summed E-state index contributed by atoms with van der Waals surface area (Å²) in [5.41, 5.74) is 5.07. The van der Waals surface area contributed by atoms with Crippen molar-refractivity contribution in [2.24, 2.45) is 0 Å². The zero-order valence-electron chi connectivity index (χ0n) is 20.5. The summed E-state index contributed by atoms with van der Waals surface area (Å²) in [6.07, 6.45) is 0. The number of aromatic nitrogens is 3. The number of nitrogens with zero attached hydrogens (tertiary/aromatic N) is 3. The lowest BCUT2D eigenvalue weighted by Crippen LogP contribution is -2.32. The topological polar surface area (TPSA) is 71.8 Å². The van der Waals surface area contributed by atoms with Gasteiger partial charge >= 0.3 is 0 Å². The number of nitrogens with one attached hydrogen (secondary N) is 2. The molecule has 0 spiro atoms. The number of benzene rings is 3. The molecule has 1 aliphatic rings. The second-order valence-corrected chi connectivity index (χ2v) is 10.3. The number of aryl methyl sites for hydroxylation is 2. The van der Waals surface area contributed by atoms with Crippen LogP contribution in [0.2, 0.25) is 5.02 Å². The van der Waals surface area contributed by atoms with Gasteiger partial charge in [0.2, 0.25) is 11.1 Å². The third-order valence-corrected chi connectivity index (χ3v) is 7.31. The number of carbonyl (C=O) groups excluding carboxylic acids is 1. The summed E-state index contributed by atoms with van der Waals surface area (Å²) in [6, 6.07) is 19.1. The average Bonchev–Trinajstić information content (AvgIpc) is 3.26. The van der Waals surface area contributed by atoms with E-state index in [1.54, 1.807) is 29.8 Å². The van der Waals surface area contributed by atoms with Gasteiger partial charge < -0.3 is 10.6 Å². The minimum atomic E-state index is -0.795. The van der Waals surface area contributed by atoms with Crippen LogP contribution in [0, 0.1) is 19.7 Å². The van der Waals surface area contributed by atoms with Gasteiger partial charge in [-0.25, -0.2) is 9.07 Å². The van der Waals surface area contributed by atoms with Crippen LogP contribution in [0.4, 0.5) is 16.0 Å². The monoisotopic (exact) mass is 533 g/mol. The second kappa shape index (κ2) is 10.4. The van der Waals surface area contributed by atoms with Gasteiger partial charge in [0.05, 0.1) is 5.57 Å². The third-order valence-electron chi connectivity index (χ3n) is 6.16. The van der Waals surface area contributed by atoms with Crippen molar-refractivity contribution in [3.05, 3.63) is 111 Å². The fraction of sp³-hybridized carbons (Fsp3) is 0.179. The molecule has 2 heterocycles. The number of carbonyl (C=O) groups is 1. The highest BCUT2D eigenvalue weighted by Crippen LogP contribution is 2.38. The van der Waals surface area contributed by atoms with E-state index in [4.69, 9.17) is 11.6 Å². The van der Waals surface area contributed by atoms with Gasteiger partial charge in [-0.1, -0.05) is 71.4 Å². The molecule has 0 saturated heterocycles. The van der Waals surface area contributed by atoms with E-state index >= 15 is 4.39 Å². The summed E-state index contributed by atoms with van der Waals surface area (Å²) in [4.78, 5) is 18.3. The first-order valence-electron chi connectivity index (χ1n) is 11.7. The number of halogens is 2. The second-order valence-electron chi connectivity index (χ2n) is 8.94. The molecule has 6 nitrogen and oxygen atoms in total. The minimum absolute atomic E-state index is 0.334. The smallest absolute Gasteiger partial charge is 0.255 e. The van der Waals surface area contributed by atoms with E-state index in [0.29, 0.717) is 44.4 Å². The lowest BCUT2D eigenvalue weighted by molar-refractivity contribution is -0.113. The normalized spacial score (nSPS) is 14.8. The number of hydrogen-bond acceptors (Lipinski definition) is 5. The summed E-state index contributed by atoms with van der Waals surface area (Å²) in [6.45, 7) is 5.73. The maximum Gasteiger partial charge on any atom is 0.255 e. The van der Waals surface area contributed by atoms with Crippen molar-refractivity contribution >= 4 is 40.9 Å². The molecule has 4 aromatic rings. The van der Waals surface area contributed by atoms with Crippen molar-refractivity contribution in [3.63, 3.8) is 0 Å². The van der Waals surface area contributed by atoms with Gasteiger partial charge in [0.1, 0.15) is 11.9 Å². The molecular formula is C28H25ClFN5OS. The Hall–Kier alpha value is -3.62. The molecular weight excluding hydrogens is 509 g/mol. The van der Waals surface area contributed by atoms with E-state index in [2.05, 4.69) is 20.7 Å². The lowest BCUT2D eigenvalue weighted by Gasteiger charge is -2.29. The van der Waals surface area contributed by atoms with Crippen LogP contribution in [0.25, 0.3) is 0 Å². The van der Waals surface area contributed by atoms with Gasteiger partial charge in [-0.2, -0.15) is 4.98 Å². The number of hydrogen-bond donors (Lipinski definition) is 2. The highest BCUT2D eigenvalue weighted by molar-refractivity contribution is 7.98. The van der Waals surface area contributed by atoms with E-state index in [-0.39, 0.29) is 5.91 Å². The standard InChI is InChI=1S/C28H25ClFN5OS/c1-16-11-12-23(17(2)13-16)32-26(36)24-18(3)31-27-33-28(37-15-19-7-6-8-20(29)14-19)34-35(27)25(24)21-9-4-5-10-22(21)30/h4-14,25H,15H2,1-3H3,(H,32,36)(H,31,33,34). The van der Waals surface area contributed by atoms with E-state index in [1.165, 1.54) is 17.8 Å². The Morgan fingerprint density at radius 3 is 2.68 bits per heavy atom. The minimum Gasteiger partial charge on any atom is -0.328 e. The number of thioether (sulfide) groups is 1. The molecule has 1 aliphatic heterocycles. The molecule has 9 heteroatoms. The van der Waals surface area contributed by atoms with Gasteiger partial charge in [-0.3, -0.25) is 4.79 Å². The fourth-order valence-electron chi connectivity index (χ4n) is 4.39. The Balaban J connectivity index is 1.50. The van der Waals surface area contributed by atoms with Crippen LogP contribution in [0.1, 0.15) is 35.2 Å². The van der Waals surface area contributed by atoms with E-state index < -0.39 is 11.9 Å². The van der Waals surface area contributed by atoms with Crippen LogP contribution < -0.4 is 10.6 Å². The largest absolute Gasteiger partial charge is 0.328 e. The van der Waals surface area contributed by atoms with Crippen molar-refractivity contribution < 1.29 is 9.18 Å². The van der Waals surface area contributed by atoms with Crippen LogP contribution >= 0.6 is 23.4 Å². The molecule has 0 bridgehead atoms. The first-order valence-corrected chi connectivity index (χ1v) is 13.1. The molecule has 188 valence electrons. The zero-order chi connectivity index (χ0) is 26.1. The van der Waals surface area contributed by atoms with Crippen LogP contribution in [0.5, 0.6) is 0 Å². The van der Waals surface area contributed by atoms with Crippen molar-refractivity contribution in [2.45, 2.75) is 37.7 Å². The number of amides is 1. The summed E-state index contributed by atoms with van der Waals surface area (Å²) in [5, 5.41) is 12.1. The van der Waals surface area contributed by atoms with Gasteiger partial charge in [0.15, 0.2) is 0 Å². The van der Waals surface area contributed by atoms with Crippen LogP contribution in [-0.4, -0.2) is 20.7 Å². The number of anilines is 2. The van der Waals surface area contributed by atoms with Crippen molar-refractivity contribution in [1.82, 2.24) is 14.8 Å². The predicted octanol–water partition coefficient (Wildman–Crippen LogP) is 6.91. The molecule has 1 aromatic heterocycles. The molecule has 37 heavy (non-hydrogen) atoms. The average molecular weight is 534 g/mol. The van der Waals surface area contributed by atoms with Crippen molar-refractivity contribution in [2.75, 3.05) is 10.6 Å². The van der Waals surface area contributed by atoms with Crippen LogP contribution in [-0.2, 0) is 10.5 Å². The molecule has 0 saturated carbocycles. The van der Waals surface area contributed by atoms with E-state index in [1.807, 2.05) is 56.3 Å². The lowest BCUT2D eigenvalue weighted by atomic mass is 9.94. The molecule has 2 N–H and O–H groups in total. The van der Waals surface area contributed by atoms with E-state index in [9.17, 15) is 4.79 Å². The number of rotatable bonds is 6.